The molecular weight excluding hydrogens is 454 g/mol. The fourth-order valence-electron chi connectivity index (χ4n) is 6.25. The average Bonchev–Trinajstić information content (AvgIpc) is 3.16. The maximum Gasteiger partial charge on any atom is 0.255 e. The molecule has 9 heteroatoms. The van der Waals surface area contributed by atoms with Gasteiger partial charge in [0, 0.05) is 62.2 Å². The van der Waals surface area contributed by atoms with E-state index < -0.39 is 17.9 Å². The minimum Gasteiger partial charge on any atom is -0.370 e. The fraction of sp³-hybridized carbons (Fsp3) is 0.654. The van der Waals surface area contributed by atoms with Gasteiger partial charge in [-0.25, -0.2) is 8.78 Å². The summed E-state index contributed by atoms with van der Waals surface area (Å²) in [6.45, 7) is 0.352. The Morgan fingerprint density at radius 3 is 2.54 bits per heavy atom. The number of rotatable bonds is 5. The Bertz CT molecular complexity index is 1010. The van der Waals surface area contributed by atoms with Gasteiger partial charge in [-0.15, -0.1) is 0 Å². The Kier molecular flexibility index (Phi) is 6.55. The van der Waals surface area contributed by atoms with Gasteiger partial charge in [0.15, 0.2) is 0 Å². The van der Waals surface area contributed by atoms with Gasteiger partial charge in [0.2, 0.25) is 17.7 Å². The molecule has 2 N–H and O–H groups in total. The lowest BCUT2D eigenvalue weighted by Gasteiger charge is -2.42. The van der Waals surface area contributed by atoms with Crippen molar-refractivity contribution >= 4 is 23.4 Å². The quantitative estimate of drug-likeness (QED) is 0.622. The van der Waals surface area contributed by atoms with Crippen molar-refractivity contribution in [2.75, 3.05) is 11.9 Å². The number of carbonyl (C=O) groups excluding carboxylic acids is 3. The highest BCUT2D eigenvalue weighted by molar-refractivity contribution is 6.05. The first kappa shape index (κ1) is 24.2. The van der Waals surface area contributed by atoms with Crippen LogP contribution in [0.1, 0.15) is 80.1 Å². The van der Waals surface area contributed by atoms with Gasteiger partial charge in [0.25, 0.3) is 5.91 Å². The number of halogens is 2. The third-order valence-electron chi connectivity index (χ3n) is 8.31. The second-order valence-corrected chi connectivity index (χ2v) is 10.6. The third kappa shape index (κ3) is 4.92. The lowest BCUT2D eigenvalue weighted by molar-refractivity contribution is -0.136. The first-order valence-electron chi connectivity index (χ1n) is 12.9. The van der Waals surface area contributed by atoms with Crippen molar-refractivity contribution in [2.24, 2.45) is 0 Å². The fourth-order valence-corrected chi connectivity index (χ4v) is 6.25. The van der Waals surface area contributed by atoms with Crippen LogP contribution < -0.4 is 15.5 Å². The Morgan fingerprint density at radius 2 is 1.80 bits per heavy atom. The smallest absolute Gasteiger partial charge is 0.255 e. The molecule has 2 saturated carbocycles. The number of nitrogens with one attached hydrogen (secondary N) is 2. The number of benzene rings is 1. The molecule has 1 saturated heterocycles. The van der Waals surface area contributed by atoms with E-state index in [1.54, 1.807) is 4.90 Å². The highest BCUT2D eigenvalue weighted by Gasteiger charge is 2.40. The van der Waals surface area contributed by atoms with E-state index in [0.29, 0.717) is 31.4 Å². The third-order valence-corrected chi connectivity index (χ3v) is 8.31. The predicted molar refractivity (Wildman–Crippen MR) is 127 cm³/mol. The highest BCUT2D eigenvalue weighted by Crippen LogP contribution is 2.36. The van der Waals surface area contributed by atoms with Gasteiger partial charge in [-0.3, -0.25) is 19.7 Å². The van der Waals surface area contributed by atoms with Gasteiger partial charge in [-0.2, -0.15) is 0 Å². The molecule has 3 amide bonds. The molecule has 1 aromatic carbocycles. The van der Waals surface area contributed by atoms with Gasteiger partial charge in [-0.05, 0) is 55.9 Å². The molecule has 7 nitrogen and oxygen atoms in total. The van der Waals surface area contributed by atoms with Crippen molar-refractivity contribution in [3.8, 4) is 0 Å². The molecule has 3 unspecified atom stereocenters. The van der Waals surface area contributed by atoms with E-state index in [2.05, 4.69) is 22.6 Å². The summed E-state index contributed by atoms with van der Waals surface area (Å²) >= 11 is 0. The van der Waals surface area contributed by atoms with E-state index in [-0.39, 0.29) is 49.2 Å². The van der Waals surface area contributed by atoms with Crippen LogP contribution in [0.3, 0.4) is 0 Å². The van der Waals surface area contributed by atoms with E-state index in [0.717, 1.165) is 36.9 Å². The molecule has 2 aliphatic heterocycles. The van der Waals surface area contributed by atoms with Gasteiger partial charge in [0.1, 0.15) is 6.04 Å². The lowest BCUT2D eigenvalue weighted by Crippen LogP contribution is -2.54. The molecule has 3 fully saturated rings. The molecule has 1 aromatic rings. The normalized spacial score (nSPS) is 29.2. The van der Waals surface area contributed by atoms with Crippen LogP contribution in [0, 0.1) is 0 Å². The number of piperidine rings is 1. The second kappa shape index (κ2) is 9.48. The summed E-state index contributed by atoms with van der Waals surface area (Å²) in [4.78, 5) is 40.7. The van der Waals surface area contributed by atoms with Crippen molar-refractivity contribution in [3.63, 3.8) is 0 Å². The molecule has 0 aromatic heterocycles. The molecular formula is C26H34F2N4O3. The molecule has 0 spiro atoms. The topological polar surface area (TPSA) is 81.8 Å². The van der Waals surface area contributed by atoms with E-state index >= 15 is 0 Å². The number of hydrogen-bond donors (Lipinski definition) is 2. The number of alkyl halides is 2. The zero-order chi connectivity index (χ0) is 24.7. The van der Waals surface area contributed by atoms with Gasteiger partial charge >= 0.3 is 0 Å². The summed E-state index contributed by atoms with van der Waals surface area (Å²) in [6, 6.07) is 5.82. The number of likely N-dealkylation sites (N-methyl/N-ethyl adjacent to an activating group) is 1. The minimum absolute atomic E-state index is 0.0412. The van der Waals surface area contributed by atoms with E-state index in [4.69, 9.17) is 0 Å². The van der Waals surface area contributed by atoms with Crippen LogP contribution in [0.5, 0.6) is 0 Å². The molecule has 2 heterocycles. The molecule has 190 valence electrons. The Hall–Kier alpha value is -2.55. The summed E-state index contributed by atoms with van der Waals surface area (Å²) in [6.07, 6.45) is 5.82. The van der Waals surface area contributed by atoms with Crippen LogP contribution in [-0.4, -0.2) is 59.8 Å². The van der Waals surface area contributed by atoms with Gasteiger partial charge < -0.3 is 15.1 Å². The van der Waals surface area contributed by atoms with Crippen molar-refractivity contribution < 1.29 is 23.2 Å². The van der Waals surface area contributed by atoms with Crippen LogP contribution in [-0.2, 0) is 16.1 Å². The molecule has 2 aliphatic carbocycles. The maximum absolute atomic E-state index is 13.6. The number of imide groups is 1. The summed E-state index contributed by atoms with van der Waals surface area (Å²) in [5.74, 6) is -3.40. The molecule has 4 aliphatic rings. The number of hydrogen-bond acceptors (Lipinski definition) is 5. The van der Waals surface area contributed by atoms with Crippen LogP contribution >= 0.6 is 0 Å². The molecule has 3 atom stereocenters. The van der Waals surface area contributed by atoms with Crippen molar-refractivity contribution in [1.29, 1.82) is 0 Å². The summed E-state index contributed by atoms with van der Waals surface area (Å²) in [7, 11) is 2.07. The first-order chi connectivity index (χ1) is 16.7. The number of amides is 3. The monoisotopic (exact) mass is 488 g/mol. The zero-order valence-corrected chi connectivity index (χ0v) is 20.2. The molecule has 35 heavy (non-hydrogen) atoms. The Balaban J connectivity index is 1.28. The van der Waals surface area contributed by atoms with E-state index in [9.17, 15) is 23.2 Å². The van der Waals surface area contributed by atoms with E-state index in [1.807, 2.05) is 18.2 Å². The molecule has 0 bridgehead atoms. The summed E-state index contributed by atoms with van der Waals surface area (Å²) < 4.78 is 27.2. The summed E-state index contributed by atoms with van der Waals surface area (Å²) in [5.41, 5.74) is 2.50. The number of anilines is 1. The predicted octanol–water partition coefficient (Wildman–Crippen LogP) is 3.36. The van der Waals surface area contributed by atoms with Gasteiger partial charge in [-0.1, -0.05) is 12.8 Å². The first-order valence-corrected chi connectivity index (χ1v) is 12.9. The van der Waals surface area contributed by atoms with Crippen LogP contribution in [0.25, 0.3) is 0 Å². The minimum atomic E-state index is -2.52. The largest absolute Gasteiger partial charge is 0.370 e. The molecule has 5 rings (SSSR count). The van der Waals surface area contributed by atoms with Crippen molar-refractivity contribution in [3.05, 3.63) is 29.3 Å². The Morgan fingerprint density at radius 1 is 1.06 bits per heavy atom. The maximum atomic E-state index is 13.6. The van der Waals surface area contributed by atoms with Crippen LogP contribution in [0.4, 0.5) is 14.5 Å². The summed E-state index contributed by atoms with van der Waals surface area (Å²) in [5, 5.41) is 6.05. The van der Waals surface area contributed by atoms with Crippen molar-refractivity contribution in [2.45, 2.75) is 101 Å². The Labute approximate surface area is 204 Å². The van der Waals surface area contributed by atoms with Crippen LogP contribution in [0.2, 0.25) is 0 Å². The SMILES string of the molecule is CN(c1ccc2c(c1)CN(C1CCC(=O)NC1=O)C2=O)C1CCCCC1NC1CCC(F)(F)CC1. The van der Waals surface area contributed by atoms with Gasteiger partial charge in [0.05, 0.1) is 0 Å². The number of fused-ring (bicyclic) bond motifs is 1. The zero-order valence-electron chi connectivity index (χ0n) is 20.2. The van der Waals surface area contributed by atoms with E-state index in [1.165, 1.54) is 0 Å². The second-order valence-electron chi connectivity index (χ2n) is 10.6. The lowest BCUT2D eigenvalue weighted by atomic mass is 9.86. The number of carbonyl (C=O) groups is 3. The standard InChI is InChI=1S/C26H34F2N4O3/c1-31(21-5-3-2-4-20(21)29-17-10-12-26(27,28)13-11-17)18-6-7-19-16(14-18)15-32(25(19)35)22-8-9-23(33)30-24(22)34/h6-7,14,17,20-22,29H,2-5,8-13,15H2,1H3,(H,30,33,34). The molecule has 0 radical (unpaired) electrons. The van der Waals surface area contributed by atoms with Crippen molar-refractivity contribution in [1.82, 2.24) is 15.5 Å². The average molecular weight is 489 g/mol. The highest BCUT2D eigenvalue weighted by atomic mass is 19.3. The van der Waals surface area contributed by atoms with Crippen LogP contribution in [0.15, 0.2) is 18.2 Å². The number of nitrogens with zero attached hydrogens (tertiary/aromatic N) is 2.